The summed E-state index contributed by atoms with van der Waals surface area (Å²) in [6.07, 6.45) is 1.60. The van der Waals surface area contributed by atoms with Crippen molar-refractivity contribution < 1.29 is 14.7 Å². The summed E-state index contributed by atoms with van der Waals surface area (Å²) < 4.78 is 0. The molecule has 1 fully saturated rings. The number of carbonyl (C=O) groups excluding carboxylic acids is 1. The number of hydrogen-bond acceptors (Lipinski definition) is 3. The van der Waals surface area contributed by atoms with Crippen LogP contribution >= 0.6 is 11.6 Å². The molecule has 1 aliphatic heterocycles. The fraction of sp³-hybridized carbons (Fsp3) is 0.333. The van der Waals surface area contributed by atoms with Gasteiger partial charge in [0.05, 0.1) is 16.5 Å². The highest BCUT2D eigenvalue weighted by Gasteiger charge is 2.32. The average molecular weight is 387 g/mol. The van der Waals surface area contributed by atoms with Crippen molar-refractivity contribution in [1.29, 1.82) is 0 Å². The molecule has 1 saturated heterocycles. The third-order valence-corrected chi connectivity index (χ3v) is 5.45. The van der Waals surface area contributed by atoms with Gasteiger partial charge in [-0.2, -0.15) is 0 Å². The summed E-state index contributed by atoms with van der Waals surface area (Å²) in [5.74, 6) is -1.31. The van der Waals surface area contributed by atoms with Crippen molar-refractivity contribution in [2.45, 2.75) is 32.4 Å². The number of hydrogen-bond donors (Lipinski definition) is 2. The Morgan fingerprint density at radius 2 is 2.00 bits per heavy atom. The Morgan fingerprint density at radius 1 is 1.22 bits per heavy atom. The van der Waals surface area contributed by atoms with Crippen molar-refractivity contribution in [3.63, 3.8) is 0 Å². The zero-order valence-corrected chi connectivity index (χ0v) is 15.9. The number of rotatable bonds is 5. The fourth-order valence-corrected chi connectivity index (χ4v) is 3.81. The number of carboxylic acids is 1. The number of aliphatic carboxylic acids is 1. The highest BCUT2D eigenvalue weighted by atomic mass is 35.5. The smallest absolute Gasteiger partial charge is 0.308 e. The molecule has 0 unspecified atom stereocenters. The fourth-order valence-electron chi connectivity index (χ4n) is 3.59. The lowest BCUT2D eigenvalue weighted by atomic mass is 9.90. The topological polar surface area (TPSA) is 69.6 Å². The molecule has 27 heavy (non-hydrogen) atoms. The van der Waals surface area contributed by atoms with Gasteiger partial charge >= 0.3 is 5.97 Å². The Morgan fingerprint density at radius 3 is 2.74 bits per heavy atom. The third-order valence-electron chi connectivity index (χ3n) is 5.12. The maximum absolute atomic E-state index is 12.4. The Labute approximate surface area is 163 Å². The summed E-state index contributed by atoms with van der Waals surface area (Å²) >= 11 is 6.09. The van der Waals surface area contributed by atoms with Crippen LogP contribution in [-0.4, -0.2) is 34.5 Å². The molecule has 0 saturated carbocycles. The van der Waals surface area contributed by atoms with Gasteiger partial charge in [0.15, 0.2) is 0 Å². The van der Waals surface area contributed by atoms with E-state index in [1.54, 1.807) is 24.3 Å². The van der Waals surface area contributed by atoms with Crippen LogP contribution in [0.2, 0.25) is 5.02 Å². The van der Waals surface area contributed by atoms with Crippen LogP contribution in [0.3, 0.4) is 0 Å². The lowest BCUT2D eigenvalue weighted by Gasteiger charge is -2.37. The van der Waals surface area contributed by atoms with Gasteiger partial charge in [-0.15, -0.1) is 0 Å². The normalized spacial score (nSPS) is 20.2. The van der Waals surface area contributed by atoms with Crippen LogP contribution in [0.25, 0.3) is 0 Å². The first-order chi connectivity index (χ1) is 13.0. The van der Waals surface area contributed by atoms with Crippen molar-refractivity contribution in [3.8, 4) is 0 Å². The van der Waals surface area contributed by atoms with Crippen molar-refractivity contribution in [2.75, 3.05) is 11.9 Å². The van der Waals surface area contributed by atoms with Crippen LogP contribution in [0, 0.1) is 5.92 Å². The predicted octanol–water partition coefficient (Wildman–Crippen LogP) is 4.28. The monoisotopic (exact) mass is 386 g/mol. The SMILES string of the molecule is C[C@@H]1[C@H](C(=O)O)CCCN1Cc1cccc(NC(=O)c2ccccc2Cl)c1. The minimum absolute atomic E-state index is 0.0161. The lowest BCUT2D eigenvalue weighted by Crippen LogP contribution is -2.45. The van der Waals surface area contributed by atoms with Gasteiger partial charge in [0, 0.05) is 18.3 Å². The molecule has 1 heterocycles. The zero-order chi connectivity index (χ0) is 19.4. The zero-order valence-electron chi connectivity index (χ0n) is 15.2. The molecule has 2 atom stereocenters. The second kappa shape index (κ2) is 8.55. The van der Waals surface area contributed by atoms with Gasteiger partial charge < -0.3 is 10.4 Å². The molecule has 2 N–H and O–H groups in total. The summed E-state index contributed by atoms with van der Waals surface area (Å²) in [4.78, 5) is 26.0. The van der Waals surface area contributed by atoms with E-state index < -0.39 is 5.97 Å². The Bertz CT molecular complexity index is 840. The maximum Gasteiger partial charge on any atom is 0.308 e. The van der Waals surface area contributed by atoms with Crippen molar-refractivity contribution in [3.05, 3.63) is 64.7 Å². The second-order valence-electron chi connectivity index (χ2n) is 6.93. The van der Waals surface area contributed by atoms with Gasteiger partial charge in [-0.1, -0.05) is 35.9 Å². The Hall–Kier alpha value is -2.37. The third kappa shape index (κ3) is 4.67. The molecule has 3 rings (SSSR count). The molecule has 0 aliphatic carbocycles. The van der Waals surface area contributed by atoms with E-state index >= 15 is 0 Å². The largest absolute Gasteiger partial charge is 0.481 e. The van der Waals surface area contributed by atoms with E-state index in [2.05, 4.69) is 10.2 Å². The first-order valence-corrected chi connectivity index (χ1v) is 9.45. The highest BCUT2D eigenvalue weighted by molar-refractivity contribution is 6.34. The maximum atomic E-state index is 12.4. The second-order valence-corrected chi connectivity index (χ2v) is 7.34. The number of anilines is 1. The minimum atomic E-state index is -0.729. The van der Waals surface area contributed by atoms with Gasteiger partial charge in [0.25, 0.3) is 5.91 Å². The Kier molecular flexibility index (Phi) is 6.14. The van der Waals surface area contributed by atoms with Crippen molar-refractivity contribution >= 4 is 29.2 Å². The van der Waals surface area contributed by atoms with E-state index in [0.29, 0.717) is 22.8 Å². The van der Waals surface area contributed by atoms with Gasteiger partial charge in [-0.25, -0.2) is 0 Å². The summed E-state index contributed by atoms with van der Waals surface area (Å²) in [6, 6.07) is 14.5. The molecule has 6 heteroatoms. The molecule has 2 aromatic carbocycles. The number of likely N-dealkylation sites (tertiary alicyclic amines) is 1. The number of carboxylic acid groups (broad SMARTS) is 1. The van der Waals surface area contributed by atoms with Gasteiger partial charge in [0.2, 0.25) is 0 Å². The van der Waals surface area contributed by atoms with Crippen molar-refractivity contribution in [1.82, 2.24) is 4.90 Å². The van der Waals surface area contributed by atoms with E-state index in [1.165, 1.54) is 0 Å². The quantitative estimate of drug-likeness (QED) is 0.804. The Balaban J connectivity index is 1.69. The van der Waals surface area contributed by atoms with Crippen LogP contribution < -0.4 is 5.32 Å². The molecule has 0 radical (unpaired) electrons. The molecular weight excluding hydrogens is 364 g/mol. The summed E-state index contributed by atoms with van der Waals surface area (Å²) in [5, 5.41) is 12.7. The summed E-state index contributed by atoms with van der Waals surface area (Å²) in [5.41, 5.74) is 2.15. The number of nitrogens with zero attached hydrogens (tertiary/aromatic N) is 1. The standard InChI is InChI=1S/C21H23ClN2O3/c1-14-17(21(26)27)9-5-11-24(14)13-15-6-4-7-16(12-15)23-20(25)18-8-2-3-10-19(18)22/h2-4,6-8,10,12,14,17H,5,9,11,13H2,1H3,(H,23,25)(H,26,27)/t14-,17-/m1/s1. The molecule has 0 bridgehead atoms. The van der Waals surface area contributed by atoms with E-state index in [9.17, 15) is 14.7 Å². The van der Waals surface area contributed by atoms with Crippen molar-refractivity contribution in [2.24, 2.45) is 5.92 Å². The molecule has 1 amide bonds. The van der Waals surface area contributed by atoms with E-state index in [-0.39, 0.29) is 17.9 Å². The predicted molar refractivity (Wildman–Crippen MR) is 106 cm³/mol. The highest BCUT2D eigenvalue weighted by Crippen LogP contribution is 2.26. The lowest BCUT2D eigenvalue weighted by molar-refractivity contribution is -0.145. The van der Waals surface area contributed by atoms with Gasteiger partial charge in [0.1, 0.15) is 0 Å². The summed E-state index contributed by atoms with van der Waals surface area (Å²) in [6.45, 7) is 3.50. The van der Waals surface area contributed by atoms with Crippen LogP contribution in [0.1, 0.15) is 35.7 Å². The molecule has 0 spiro atoms. The van der Waals surface area contributed by atoms with Crippen LogP contribution in [-0.2, 0) is 11.3 Å². The first kappa shape index (κ1) is 19.4. The molecule has 2 aromatic rings. The number of amides is 1. The van der Waals surface area contributed by atoms with E-state index in [1.807, 2.05) is 31.2 Å². The van der Waals surface area contributed by atoms with Gasteiger partial charge in [-0.05, 0) is 56.1 Å². The molecule has 1 aliphatic rings. The minimum Gasteiger partial charge on any atom is -0.481 e. The number of nitrogens with one attached hydrogen (secondary N) is 1. The molecule has 142 valence electrons. The molecule has 0 aromatic heterocycles. The first-order valence-electron chi connectivity index (χ1n) is 9.07. The van der Waals surface area contributed by atoms with Gasteiger partial charge in [-0.3, -0.25) is 14.5 Å². The number of benzene rings is 2. The van der Waals surface area contributed by atoms with Crippen LogP contribution in [0.15, 0.2) is 48.5 Å². The average Bonchev–Trinajstić information content (AvgIpc) is 2.64. The number of carbonyl (C=O) groups is 2. The number of halogens is 1. The summed E-state index contributed by atoms with van der Waals surface area (Å²) in [7, 11) is 0. The van der Waals surface area contributed by atoms with Crippen LogP contribution in [0.4, 0.5) is 5.69 Å². The van der Waals surface area contributed by atoms with Crippen LogP contribution in [0.5, 0.6) is 0 Å². The van der Waals surface area contributed by atoms with E-state index in [4.69, 9.17) is 11.6 Å². The van der Waals surface area contributed by atoms with E-state index in [0.717, 1.165) is 24.9 Å². The molecule has 5 nitrogen and oxygen atoms in total. The number of piperidine rings is 1. The molecular formula is C21H23ClN2O3.